The number of hydrogen-bond donors (Lipinski definition) is 0. The fourth-order valence-electron chi connectivity index (χ4n) is 2.69. The molecule has 0 bridgehead atoms. The van der Waals surface area contributed by atoms with E-state index in [1.54, 1.807) is 37.3 Å². The van der Waals surface area contributed by atoms with Crippen molar-refractivity contribution in [1.82, 2.24) is 19.8 Å². The summed E-state index contributed by atoms with van der Waals surface area (Å²) in [6, 6.07) is 16.2. The van der Waals surface area contributed by atoms with Crippen LogP contribution >= 0.6 is 23.1 Å². The van der Waals surface area contributed by atoms with Crippen LogP contribution in [0.2, 0.25) is 0 Å². The zero-order chi connectivity index (χ0) is 18.6. The summed E-state index contributed by atoms with van der Waals surface area (Å²) in [6.07, 6.45) is 0.708. The maximum absolute atomic E-state index is 5.38. The van der Waals surface area contributed by atoms with Crippen LogP contribution in [0, 0.1) is 0 Å². The Balaban J connectivity index is 1.51. The topological polar surface area (TPSA) is 61.5 Å². The Hall–Kier alpha value is -2.58. The highest BCUT2D eigenvalue weighted by Crippen LogP contribution is 2.29. The molecule has 2 aromatic carbocycles. The molecule has 2 heterocycles. The number of ether oxygens (including phenoxy) is 2. The Kier molecular flexibility index (Phi) is 5.26. The predicted octanol–water partition coefficient (Wildman–Crippen LogP) is 4.09. The number of methoxy groups -OCH3 is 2. The molecule has 0 amide bonds. The molecule has 0 spiro atoms. The van der Waals surface area contributed by atoms with Crippen LogP contribution in [0.4, 0.5) is 0 Å². The van der Waals surface area contributed by atoms with E-state index >= 15 is 0 Å². The first-order chi connectivity index (χ1) is 13.3. The van der Waals surface area contributed by atoms with Crippen molar-refractivity contribution in [1.29, 1.82) is 0 Å². The van der Waals surface area contributed by atoms with Gasteiger partial charge in [-0.3, -0.25) is 0 Å². The minimum Gasteiger partial charge on any atom is -0.493 e. The van der Waals surface area contributed by atoms with Gasteiger partial charge in [0.2, 0.25) is 4.96 Å². The Labute approximate surface area is 165 Å². The molecule has 6 nitrogen and oxygen atoms in total. The van der Waals surface area contributed by atoms with Crippen molar-refractivity contribution in [3.63, 3.8) is 0 Å². The van der Waals surface area contributed by atoms with Crippen molar-refractivity contribution < 1.29 is 9.47 Å². The molecule has 4 aromatic rings. The molecule has 8 heteroatoms. The molecule has 2 aromatic heterocycles. The van der Waals surface area contributed by atoms with Gasteiger partial charge in [0.25, 0.3) is 0 Å². The Bertz CT molecular complexity index is 1050. The molecule has 0 aliphatic heterocycles. The molecule has 4 rings (SSSR count). The highest BCUT2D eigenvalue weighted by molar-refractivity contribution is 7.98. The van der Waals surface area contributed by atoms with Gasteiger partial charge in [-0.1, -0.05) is 35.6 Å². The molecule has 0 atom stereocenters. The Morgan fingerprint density at radius 3 is 2.59 bits per heavy atom. The molecule has 0 N–H and O–H groups in total. The van der Waals surface area contributed by atoms with Crippen LogP contribution in [0.1, 0.15) is 16.4 Å². The lowest BCUT2D eigenvalue weighted by Crippen LogP contribution is -1.97. The second kappa shape index (κ2) is 7.98. The van der Waals surface area contributed by atoms with Crippen molar-refractivity contribution in [3.8, 4) is 11.5 Å². The molecule has 0 radical (unpaired) electrons. The summed E-state index contributed by atoms with van der Waals surface area (Å²) in [5.74, 6) is 3.02. The van der Waals surface area contributed by atoms with E-state index in [9.17, 15) is 0 Å². The average molecular weight is 399 g/mol. The van der Waals surface area contributed by atoms with Gasteiger partial charge in [-0.2, -0.15) is 9.61 Å². The van der Waals surface area contributed by atoms with Crippen molar-refractivity contribution >= 4 is 28.1 Å². The number of fused-ring (bicyclic) bond motifs is 1. The number of thioether (sulfide) groups is 1. The van der Waals surface area contributed by atoms with Crippen LogP contribution in [-0.2, 0) is 12.2 Å². The Morgan fingerprint density at radius 1 is 1.00 bits per heavy atom. The van der Waals surface area contributed by atoms with Crippen molar-refractivity contribution in [2.45, 2.75) is 17.1 Å². The second-order valence-electron chi connectivity index (χ2n) is 5.77. The minimum atomic E-state index is 0.708. The molecule has 0 saturated carbocycles. The quantitative estimate of drug-likeness (QED) is 0.437. The Morgan fingerprint density at radius 2 is 1.81 bits per heavy atom. The van der Waals surface area contributed by atoms with E-state index in [1.807, 2.05) is 40.9 Å². The SMILES string of the molecule is COc1ccc(Cc2nn3c(CSc4ccccc4)nnc3s2)cc1OC. The highest BCUT2D eigenvalue weighted by atomic mass is 32.2. The average Bonchev–Trinajstić information content (AvgIpc) is 3.27. The number of aromatic nitrogens is 4. The van der Waals surface area contributed by atoms with Crippen LogP contribution in [0.5, 0.6) is 11.5 Å². The molecule has 0 aliphatic rings. The molecule has 0 unspecified atom stereocenters. The molecular weight excluding hydrogens is 380 g/mol. The number of benzene rings is 2. The zero-order valence-electron chi connectivity index (χ0n) is 15.0. The lowest BCUT2D eigenvalue weighted by Gasteiger charge is -2.08. The zero-order valence-corrected chi connectivity index (χ0v) is 16.6. The van der Waals surface area contributed by atoms with E-state index in [0.717, 1.165) is 38.6 Å². The summed E-state index contributed by atoms with van der Waals surface area (Å²) in [6.45, 7) is 0. The van der Waals surface area contributed by atoms with Gasteiger partial charge in [-0.15, -0.1) is 22.0 Å². The largest absolute Gasteiger partial charge is 0.493 e. The summed E-state index contributed by atoms with van der Waals surface area (Å²) in [5.41, 5.74) is 1.11. The molecule has 27 heavy (non-hydrogen) atoms. The molecular formula is C19H18N4O2S2. The molecule has 0 fully saturated rings. The van der Waals surface area contributed by atoms with Gasteiger partial charge in [-0.05, 0) is 29.8 Å². The minimum absolute atomic E-state index is 0.708. The van der Waals surface area contributed by atoms with Crippen LogP contribution in [0.15, 0.2) is 53.4 Å². The van der Waals surface area contributed by atoms with Gasteiger partial charge in [-0.25, -0.2) is 0 Å². The lowest BCUT2D eigenvalue weighted by atomic mass is 10.1. The van der Waals surface area contributed by atoms with Gasteiger partial charge in [0.15, 0.2) is 17.3 Å². The van der Waals surface area contributed by atoms with Gasteiger partial charge < -0.3 is 9.47 Å². The summed E-state index contributed by atoms with van der Waals surface area (Å²) in [7, 11) is 3.27. The standard InChI is InChI=1S/C19H18N4O2S2/c1-24-15-9-8-13(10-16(15)25-2)11-18-22-23-17(20-21-19(23)27-18)12-26-14-6-4-3-5-7-14/h3-10H,11-12H2,1-2H3. The highest BCUT2D eigenvalue weighted by Gasteiger charge is 2.13. The first-order valence-electron chi connectivity index (χ1n) is 8.35. The molecule has 0 aliphatic carbocycles. The van der Waals surface area contributed by atoms with Crippen LogP contribution in [0.3, 0.4) is 0 Å². The third-order valence-electron chi connectivity index (χ3n) is 4.01. The van der Waals surface area contributed by atoms with E-state index in [-0.39, 0.29) is 0 Å². The first-order valence-corrected chi connectivity index (χ1v) is 10.2. The number of rotatable bonds is 7. The van der Waals surface area contributed by atoms with Crippen LogP contribution in [0.25, 0.3) is 4.96 Å². The smallest absolute Gasteiger partial charge is 0.234 e. The van der Waals surface area contributed by atoms with E-state index in [4.69, 9.17) is 14.6 Å². The first kappa shape index (κ1) is 17.8. The monoisotopic (exact) mass is 398 g/mol. The predicted molar refractivity (Wildman–Crippen MR) is 107 cm³/mol. The third kappa shape index (κ3) is 3.91. The number of nitrogens with zero attached hydrogens (tertiary/aromatic N) is 4. The summed E-state index contributed by atoms with van der Waals surface area (Å²) in [5, 5.41) is 14.2. The van der Waals surface area contributed by atoms with Crippen LogP contribution < -0.4 is 9.47 Å². The van der Waals surface area contributed by atoms with E-state index in [1.165, 1.54) is 4.90 Å². The van der Waals surface area contributed by atoms with Gasteiger partial charge in [0.05, 0.1) is 20.0 Å². The fraction of sp³-hybridized carbons (Fsp3) is 0.211. The van der Waals surface area contributed by atoms with Gasteiger partial charge in [0, 0.05) is 11.3 Å². The maximum Gasteiger partial charge on any atom is 0.234 e. The molecule has 0 saturated heterocycles. The van der Waals surface area contributed by atoms with Crippen molar-refractivity contribution in [2.24, 2.45) is 0 Å². The lowest BCUT2D eigenvalue weighted by molar-refractivity contribution is 0.354. The number of hydrogen-bond acceptors (Lipinski definition) is 7. The van der Waals surface area contributed by atoms with Gasteiger partial charge in [0.1, 0.15) is 5.01 Å². The third-order valence-corrected chi connectivity index (χ3v) is 5.92. The van der Waals surface area contributed by atoms with E-state index < -0.39 is 0 Å². The normalized spacial score (nSPS) is 11.0. The van der Waals surface area contributed by atoms with Crippen molar-refractivity contribution in [2.75, 3.05) is 14.2 Å². The second-order valence-corrected chi connectivity index (χ2v) is 7.86. The maximum atomic E-state index is 5.38. The van der Waals surface area contributed by atoms with E-state index in [0.29, 0.717) is 6.42 Å². The molecule has 138 valence electrons. The van der Waals surface area contributed by atoms with Crippen molar-refractivity contribution in [3.05, 3.63) is 64.9 Å². The summed E-state index contributed by atoms with van der Waals surface area (Å²) >= 11 is 3.28. The summed E-state index contributed by atoms with van der Waals surface area (Å²) < 4.78 is 12.5. The van der Waals surface area contributed by atoms with E-state index in [2.05, 4.69) is 22.3 Å². The fourth-order valence-corrected chi connectivity index (χ4v) is 4.40. The van der Waals surface area contributed by atoms with Crippen LogP contribution in [-0.4, -0.2) is 34.0 Å². The van der Waals surface area contributed by atoms with Gasteiger partial charge >= 0.3 is 0 Å². The summed E-state index contributed by atoms with van der Waals surface area (Å²) in [4.78, 5) is 2.02.